The first-order chi connectivity index (χ1) is 10.9. The van der Waals surface area contributed by atoms with Gasteiger partial charge in [0, 0.05) is 24.9 Å². The molecule has 1 rings (SSSR count). The van der Waals surface area contributed by atoms with Crippen molar-refractivity contribution in [3.8, 4) is 6.07 Å². The zero-order valence-electron chi connectivity index (χ0n) is 13.3. The van der Waals surface area contributed by atoms with E-state index in [9.17, 15) is 9.59 Å². The van der Waals surface area contributed by atoms with Crippen LogP contribution in [-0.2, 0) is 9.59 Å². The SMILES string of the molecule is CC(C)c1ccc(N/C=C(/C#N)C(=O)NCCCC(=O)O)cc1. The van der Waals surface area contributed by atoms with Crippen molar-refractivity contribution in [2.45, 2.75) is 32.6 Å². The van der Waals surface area contributed by atoms with Crippen molar-refractivity contribution in [1.82, 2.24) is 5.32 Å². The lowest BCUT2D eigenvalue weighted by Crippen LogP contribution is -2.26. The first-order valence-corrected chi connectivity index (χ1v) is 7.40. The normalized spacial score (nSPS) is 11.0. The van der Waals surface area contributed by atoms with Crippen LogP contribution in [-0.4, -0.2) is 23.5 Å². The van der Waals surface area contributed by atoms with E-state index < -0.39 is 11.9 Å². The average Bonchev–Trinajstić information content (AvgIpc) is 2.52. The Morgan fingerprint density at radius 3 is 2.48 bits per heavy atom. The molecule has 0 unspecified atom stereocenters. The molecule has 0 saturated carbocycles. The number of amides is 1. The zero-order valence-corrected chi connectivity index (χ0v) is 13.3. The minimum Gasteiger partial charge on any atom is -0.481 e. The molecule has 6 heteroatoms. The van der Waals surface area contributed by atoms with E-state index in [0.29, 0.717) is 12.3 Å². The van der Waals surface area contributed by atoms with Crippen molar-refractivity contribution in [3.63, 3.8) is 0 Å². The molecule has 0 bridgehead atoms. The third-order valence-electron chi connectivity index (χ3n) is 3.18. The fraction of sp³-hybridized carbons (Fsp3) is 0.353. The van der Waals surface area contributed by atoms with E-state index >= 15 is 0 Å². The van der Waals surface area contributed by atoms with Gasteiger partial charge in [0.25, 0.3) is 5.91 Å². The van der Waals surface area contributed by atoms with Gasteiger partial charge in [-0.05, 0) is 30.0 Å². The second-order valence-electron chi connectivity index (χ2n) is 5.34. The molecule has 0 aliphatic heterocycles. The Kier molecular flexibility index (Phi) is 7.34. The maximum Gasteiger partial charge on any atom is 0.303 e. The van der Waals surface area contributed by atoms with Gasteiger partial charge >= 0.3 is 5.97 Å². The quantitative estimate of drug-likeness (QED) is 0.389. The average molecular weight is 315 g/mol. The third kappa shape index (κ3) is 6.66. The van der Waals surface area contributed by atoms with Crippen molar-refractivity contribution in [2.24, 2.45) is 0 Å². The highest BCUT2D eigenvalue weighted by Gasteiger charge is 2.08. The zero-order chi connectivity index (χ0) is 17.2. The van der Waals surface area contributed by atoms with Crippen LogP contribution in [0.5, 0.6) is 0 Å². The Balaban J connectivity index is 2.56. The van der Waals surface area contributed by atoms with E-state index in [1.165, 1.54) is 11.8 Å². The summed E-state index contributed by atoms with van der Waals surface area (Å²) in [5.41, 5.74) is 1.92. The summed E-state index contributed by atoms with van der Waals surface area (Å²) in [6, 6.07) is 9.55. The van der Waals surface area contributed by atoms with Crippen LogP contribution >= 0.6 is 0 Å². The molecule has 0 fully saturated rings. The molecule has 122 valence electrons. The van der Waals surface area contributed by atoms with Crippen LogP contribution in [0.4, 0.5) is 5.69 Å². The van der Waals surface area contributed by atoms with Crippen LogP contribution in [0.25, 0.3) is 0 Å². The summed E-state index contributed by atoms with van der Waals surface area (Å²) in [6.07, 6.45) is 1.65. The van der Waals surface area contributed by atoms with Gasteiger partial charge in [0.2, 0.25) is 0 Å². The molecule has 0 aliphatic carbocycles. The Morgan fingerprint density at radius 2 is 1.96 bits per heavy atom. The highest BCUT2D eigenvalue weighted by molar-refractivity contribution is 5.97. The Bertz CT molecular complexity index is 613. The van der Waals surface area contributed by atoms with Gasteiger partial charge in [-0.3, -0.25) is 9.59 Å². The number of nitrogens with zero attached hydrogens (tertiary/aromatic N) is 1. The standard InChI is InChI=1S/C17H21N3O3/c1-12(2)13-5-7-15(8-6-13)20-11-14(10-18)17(23)19-9-3-4-16(21)22/h5-8,11-12,20H,3-4,9H2,1-2H3,(H,19,23)(H,21,22)/b14-11-. The first-order valence-electron chi connectivity index (χ1n) is 7.40. The molecule has 0 aromatic heterocycles. The molecule has 1 aromatic carbocycles. The summed E-state index contributed by atoms with van der Waals surface area (Å²) in [5, 5.41) is 23.0. The summed E-state index contributed by atoms with van der Waals surface area (Å²) in [7, 11) is 0. The van der Waals surface area contributed by atoms with Crippen LogP contribution in [0.1, 0.15) is 38.2 Å². The molecule has 1 aromatic rings. The molecule has 23 heavy (non-hydrogen) atoms. The van der Waals surface area contributed by atoms with Crippen molar-refractivity contribution in [3.05, 3.63) is 41.6 Å². The summed E-state index contributed by atoms with van der Waals surface area (Å²) >= 11 is 0. The molecular weight excluding hydrogens is 294 g/mol. The Hall–Kier alpha value is -2.81. The van der Waals surface area contributed by atoms with E-state index in [4.69, 9.17) is 10.4 Å². The minimum atomic E-state index is -0.915. The van der Waals surface area contributed by atoms with Crippen molar-refractivity contribution < 1.29 is 14.7 Å². The van der Waals surface area contributed by atoms with Crippen LogP contribution in [0.15, 0.2) is 36.0 Å². The number of nitriles is 1. The Labute approximate surface area is 135 Å². The van der Waals surface area contributed by atoms with Crippen molar-refractivity contribution >= 4 is 17.6 Å². The van der Waals surface area contributed by atoms with E-state index in [0.717, 1.165) is 5.69 Å². The lowest BCUT2D eigenvalue weighted by molar-refractivity contribution is -0.137. The van der Waals surface area contributed by atoms with Crippen molar-refractivity contribution in [2.75, 3.05) is 11.9 Å². The Morgan fingerprint density at radius 1 is 1.30 bits per heavy atom. The first kappa shape index (κ1) is 18.2. The second-order valence-corrected chi connectivity index (χ2v) is 5.34. The second kappa shape index (κ2) is 9.26. The van der Waals surface area contributed by atoms with Gasteiger partial charge < -0.3 is 15.7 Å². The van der Waals surface area contributed by atoms with Gasteiger partial charge in [-0.25, -0.2) is 0 Å². The van der Waals surface area contributed by atoms with Crippen LogP contribution in [0.2, 0.25) is 0 Å². The molecule has 0 heterocycles. The number of nitrogens with one attached hydrogen (secondary N) is 2. The number of carbonyl (C=O) groups is 2. The summed E-state index contributed by atoms with van der Waals surface area (Å²) in [5.74, 6) is -1.00. The van der Waals surface area contributed by atoms with Crippen molar-refractivity contribution in [1.29, 1.82) is 5.26 Å². The van der Waals surface area contributed by atoms with Gasteiger partial charge in [0.05, 0.1) is 0 Å². The molecule has 3 N–H and O–H groups in total. The van der Waals surface area contributed by atoms with Crippen LogP contribution < -0.4 is 10.6 Å². The molecule has 6 nitrogen and oxygen atoms in total. The number of carboxylic acids is 1. The smallest absolute Gasteiger partial charge is 0.303 e. The molecule has 0 atom stereocenters. The lowest BCUT2D eigenvalue weighted by Gasteiger charge is -2.07. The fourth-order valence-electron chi connectivity index (χ4n) is 1.81. The van der Waals surface area contributed by atoms with Gasteiger partial charge in [-0.1, -0.05) is 26.0 Å². The summed E-state index contributed by atoms with van der Waals surface area (Å²) < 4.78 is 0. The molecular formula is C17H21N3O3. The topological polar surface area (TPSA) is 102 Å². The highest BCUT2D eigenvalue weighted by atomic mass is 16.4. The van der Waals surface area contributed by atoms with E-state index in [-0.39, 0.29) is 18.5 Å². The van der Waals surface area contributed by atoms with E-state index in [2.05, 4.69) is 24.5 Å². The minimum absolute atomic E-state index is 0.0215. The predicted molar refractivity (Wildman–Crippen MR) is 87.7 cm³/mol. The van der Waals surface area contributed by atoms with Crippen LogP contribution in [0, 0.1) is 11.3 Å². The van der Waals surface area contributed by atoms with Gasteiger partial charge in [0.15, 0.2) is 0 Å². The highest BCUT2D eigenvalue weighted by Crippen LogP contribution is 2.17. The summed E-state index contributed by atoms with van der Waals surface area (Å²) in [6.45, 7) is 4.42. The molecule has 0 radical (unpaired) electrons. The molecule has 1 amide bonds. The van der Waals surface area contributed by atoms with Gasteiger partial charge in [-0.2, -0.15) is 5.26 Å². The number of hydrogen-bond donors (Lipinski definition) is 3. The number of benzene rings is 1. The third-order valence-corrected chi connectivity index (χ3v) is 3.18. The number of carboxylic acid groups (broad SMARTS) is 1. The fourth-order valence-corrected chi connectivity index (χ4v) is 1.81. The van der Waals surface area contributed by atoms with Gasteiger partial charge in [0.1, 0.15) is 11.6 Å². The molecule has 0 spiro atoms. The maximum absolute atomic E-state index is 11.8. The number of rotatable bonds is 8. The molecule has 0 saturated heterocycles. The number of aliphatic carboxylic acids is 1. The predicted octanol–water partition coefficient (Wildman–Crippen LogP) is 2.61. The number of carbonyl (C=O) groups excluding carboxylic acids is 1. The van der Waals surface area contributed by atoms with E-state index in [1.54, 1.807) is 0 Å². The van der Waals surface area contributed by atoms with Gasteiger partial charge in [-0.15, -0.1) is 0 Å². The van der Waals surface area contributed by atoms with E-state index in [1.807, 2.05) is 30.3 Å². The summed E-state index contributed by atoms with van der Waals surface area (Å²) in [4.78, 5) is 22.2. The van der Waals surface area contributed by atoms with Crippen LogP contribution in [0.3, 0.4) is 0 Å². The number of hydrogen-bond acceptors (Lipinski definition) is 4. The maximum atomic E-state index is 11.8. The molecule has 0 aliphatic rings. The largest absolute Gasteiger partial charge is 0.481 e. The monoisotopic (exact) mass is 315 g/mol. The number of anilines is 1. The lowest BCUT2D eigenvalue weighted by atomic mass is 10.0.